The van der Waals surface area contributed by atoms with Crippen molar-refractivity contribution in [1.82, 2.24) is 4.98 Å². The Morgan fingerprint density at radius 3 is 2.86 bits per heavy atom. The number of alkyl halides is 2. The lowest BCUT2D eigenvalue weighted by atomic mass is 10.2. The van der Waals surface area contributed by atoms with Crippen molar-refractivity contribution < 1.29 is 13.9 Å². The van der Waals surface area contributed by atoms with Gasteiger partial charge in [0, 0.05) is 17.8 Å². The summed E-state index contributed by atoms with van der Waals surface area (Å²) in [6.45, 7) is -0.567. The number of hydrogen-bond donors (Lipinski definition) is 0. The molecule has 1 aromatic rings. The van der Waals surface area contributed by atoms with Crippen LogP contribution in [0.2, 0.25) is 0 Å². The number of pyridine rings is 1. The molecule has 1 rings (SSSR count). The Balaban J connectivity index is 2.63. The van der Waals surface area contributed by atoms with Gasteiger partial charge in [0.2, 0.25) is 5.88 Å². The summed E-state index contributed by atoms with van der Waals surface area (Å²) in [6, 6.07) is 3.15. The van der Waals surface area contributed by atoms with E-state index in [-0.39, 0.29) is 17.7 Å². The minimum absolute atomic E-state index is 0.0151. The summed E-state index contributed by atoms with van der Waals surface area (Å²) < 4.78 is 16.6. The number of carbonyl (C=O) groups is 1. The second-order valence-electron chi connectivity index (χ2n) is 2.48. The molecule has 0 atom stereocenters. The maximum absolute atomic E-state index is 11.7. The highest BCUT2D eigenvalue weighted by atomic mass is 79.9. The Hall–Kier alpha value is -0.970. The van der Waals surface area contributed by atoms with Gasteiger partial charge in [0.05, 0.1) is 5.33 Å². The molecule has 0 saturated heterocycles. The predicted octanol–water partition coefficient (Wildman–Crippen LogP) is 2.01. The smallest absolute Gasteiger partial charge is 0.213 e. The van der Waals surface area contributed by atoms with Gasteiger partial charge >= 0.3 is 0 Å². The Labute approximate surface area is 89.4 Å². The first kappa shape index (κ1) is 11.1. The third kappa shape index (κ3) is 3.06. The first-order valence-corrected chi connectivity index (χ1v) is 5.14. The van der Waals surface area contributed by atoms with Gasteiger partial charge in [0.1, 0.15) is 13.3 Å². The van der Waals surface area contributed by atoms with Crippen molar-refractivity contribution in [2.24, 2.45) is 0 Å². The van der Waals surface area contributed by atoms with Gasteiger partial charge in [-0.1, -0.05) is 15.9 Å². The number of halogens is 2. The van der Waals surface area contributed by atoms with Gasteiger partial charge in [-0.3, -0.25) is 4.79 Å². The van der Waals surface area contributed by atoms with Crippen LogP contribution in [0.4, 0.5) is 4.39 Å². The van der Waals surface area contributed by atoms with E-state index in [0.29, 0.717) is 11.4 Å². The molecule has 0 aliphatic carbocycles. The molecule has 0 unspecified atom stereocenters. The van der Waals surface area contributed by atoms with E-state index >= 15 is 0 Å². The van der Waals surface area contributed by atoms with Crippen LogP contribution in [0, 0.1) is 0 Å². The maximum atomic E-state index is 11.7. The molecule has 0 amide bonds. The lowest BCUT2D eigenvalue weighted by molar-refractivity contribution is 0.102. The Morgan fingerprint density at radius 1 is 1.57 bits per heavy atom. The molecule has 76 valence electrons. The summed E-state index contributed by atoms with van der Waals surface area (Å²) in [6.07, 6.45) is 1.41. The number of ketones is 1. The highest BCUT2D eigenvalue weighted by Crippen LogP contribution is 2.08. The molecule has 0 aromatic carbocycles. The number of nitrogens with zero attached hydrogens (tertiary/aromatic N) is 1. The molecular formula is C9H9BrFNO2. The average Bonchev–Trinajstić information content (AvgIpc) is 2.26. The van der Waals surface area contributed by atoms with E-state index in [1.807, 2.05) is 0 Å². The van der Waals surface area contributed by atoms with E-state index in [4.69, 9.17) is 4.74 Å². The zero-order chi connectivity index (χ0) is 10.4. The van der Waals surface area contributed by atoms with Crippen molar-refractivity contribution in [2.75, 3.05) is 18.6 Å². The highest BCUT2D eigenvalue weighted by Gasteiger charge is 2.04. The van der Waals surface area contributed by atoms with Gasteiger partial charge in [0.15, 0.2) is 5.78 Å². The number of carbonyl (C=O) groups excluding carboxylic acids is 1. The van der Waals surface area contributed by atoms with Crippen LogP contribution >= 0.6 is 15.9 Å². The summed E-state index contributed by atoms with van der Waals surface area (Å²) >= 11 is 3.05. The first-order chi connectivity index (χ1) is 6.77. The van der Waals surface area contributed by atoms with Crippen LogP contribution in [0.1, 0.15) is 10.4 Å². The number of aromatic nitrogens is 1. The molecule has 14 heavy (non-hydrogen) atoms. The van der Waals surface area contributed by atoms with Crippen LogP contribution in [0.25, 0.3) is 0 Å². The van der Waals surface area contributed by atoms with Crippen LogP contribution in [-0.4, -0.2) is 29.4 Å². The Morgan fingerprint density at radius 2 is 2.36 bits per heavy atom. The summed E-state index contributed by atoms with van der Waals surface area (Å²) in [4.78, 5) is 15.0. The fraction of sp³-hybridized carbons (Fsp3) is 0.333. The zero-order valence-electron chi connectivity index (χ0n) is 7.37. The van der Waals surface area contributed by atoms with Crippen molar-refractivity contribution in [3.05, 3.63) is 23.9 Å². The van der Waals surface area contributed by atoms with Crippen molar-refractivity contribution in [3.63, 3.8) is 0 Å². The van der Waals surface area contributed by atoms with Crippen LogP contribution in [0.15, 0.2) is 18.3 Å². The van der Waals surface area contributed by atoms with Gasteiger partial charge < -0.3 is 4.74 Å². The van der Waals surface area contributed by atoms with Crippen LogP contribution in [0.5, 0.6) is 5.88 Å². The predicted molar refractivity (Wildman–Crippen MR) is 53.8 cm³/mol. The molecule has 0 saturated carbocycles. The molecule has 0 radical (unpaired) electrons. The van der Waals surface area contributed by atoms with E-state index in [1.54, 1.807) is 12.1 Å². The summed E-state index contributed by atoms with van der Waals surface area (Å²) in [5, 5.41) is 0.263. The molecule has 0 N–H and O–H groups in total. The molecular weight excluding hydrogens is 253 g/mol. The standard InChI is InChI=1S/C9H9BrFNO2/c10-5-8(13)7-1-2-9(12-6-7)14-4-3-11/h1-2,6H,3-5H2. The van der Waals surface area contributed by atoms with E-state index in [1.165, 1.54) is 6.20 Å². The SMILES string of the molecule is O=C(CBr)c1ccc(OCCF)nc1. The molecule has 1 aromatic heterocycles. The summed E-state index contributed by atoms with van der Waals surface area (Å²) in [5.41, 5.74) is 0.509. The molecule has 0 spiro atoms. The van der Waals surface area contributed by atoms with E-state index in [0.717, 1.165) is 0 Å². The largest absolute Gasteiger partial charge is 0.475 e. The van der Waals surface area contributed by atoms with Crippen molar-refractivity contribution in [1.29, 1.82) is 0 Å². The third-order valence-electron chi connectivity index (χ3n) is 1.51. The third-order valence-corrected chi connectivity index (χ3v) is 2.02. The second-order valence-corrected chi connectivity index (χ2v) is 3.04. The van der Waals surface area contributed by atoms with Gasteiger partial charge in [-0.05, 0) is 6.07 Å². The molecule has 3 nitrogen and oxygen atoms in total. The van der Waals surface area contributed by atoms with Crippen LogP contribution < -0.4 is 4.74 Å². The molecule has 0 bridgehead atoms. The molecule has 0 fully saturated rings. The normalized spacial score (nSPS) is 9.86. The zero-order valence-corrected chi connectivity index (χ0v) is 8.96. The number of Topliss-reactive ketones (excluding diaryl/α,β-unsaturated/α-hetero) is 1. The number of ether oxygens (including phenoxy) is 1. The van der Waals surface area contributed by atoms with Gasteiger partial charge in [-0.2, -0.15) is 0 Å². The molecule has 0 aliphatic heterocycles. The average molecular weight is 262 g/mol. The lowest BCUT2D eigenvalue weighted by Gasteiger charge is -2.02. The fourth-order valence-electron chi connectivity index (χ4n) is 0.851. The summed E-state index contributed by atoms with van der Waals surface area (Å²) in [7, 11) is 0. The van der Waals surface area contributed by atoms with Crippen LogP contribution in [0.3, 0.4) is 0 Å². The molecule has 0 aliphatic rings. The molecule has 1 heterocycles. The van der Waals surface area contributed by atoms with Crippen molar-refractivity contribution in [3.8, 4) is 5.88 Å². The topological polar surface area (TPSA) is 39.2 Å². The fourth-order valence-corrected chi connectivity index (χ4v) is 1.17. The maximum Gasteiger partial charge on any atom is 0.213 e. The van der Waals surface area contributed by atoms with Crippen molar-refractivity contribution in [2.45, 2.75) is 0 Å². The van der Waals surface area contributed by atoms with Crippen molar-refractivity contribution >= 4 is 21.7 Å². The van der Waals surface area contributed by atoms with E-state index in [9.17, 15) is 9.18 Å². The quantitative estimate of drug-likeness (QED) is 0.601. The number of rotatable bonds is 5. The Kier molecular flexibility index (Phi) is 4.52. The minimum atomic E-state index is -0.552. The minimum Gasteiger partial charge on any atom is -0.475 e. The van der Waals surface area contributed by atoms with Gasteiger partial charge in [-0.25, -0.2) is 9.37 Å². The lowest BCUT2D eigenvalue weighted by Crippen LogP contribution is -2.03. The molecule has 5 heteroatoms. The highest BCUT2D eigenvalue weighted by molar-refractivity contribution is 9.09. The summed E-state index contributed by atoms with van der Waals surface area (Å²) in [5.74, 6) is 0.281. The van der Waals surface area contributed by atoms with Gasteiger partial charge in [0.25, 0.3) is 0 Å². The van der Waals surface area contributed by atoms with E-state index < -0.39 is 6.67 Å². The van der Waals surface area contributed by atoms with Gasteiger partial charge in [-0.15, -0.1) is 0 Å². The first-order valence-electron chi connectivity index (χ1n) is 4.02. The van der Waals surface area contributed by atoms with E-state index in [2.05, 4.69) is 20.9 Å². The number of hydrogen-bond acceptors (Lipinski definition) is 3. The van der Waals surface area contributed by atoms with Crippen LogP contribution in [-0.2, 0) is 0 Å². The second kappa shape index (κ2) is 5.70. The Bertz CT molecular complexity index is 302. The monoisotopic (exact) mass is 261 g/mol.